The lowest BCUT2D eigenvalue weighted by atomic mass is 10.0. The molecule has 1 atom stereocenters. The van der Waals surface area contributed by atoms with Crippen molar-refractivity contribution in [3.63, 3.8) is 0 Å². The molecule has 1 fully saturated rings. The van der Waals surface area contributed by atoms with Crippen LogP contribution < -0.4 is 5.32 Å². The largest absolute Gasteiger partial charge is 0.312 e. The van der Waals surface area contributed by atoms with Crippen LogP contribution in [-0.4, -0.2) is 18.1 Å². The van der Waals surface area contributed by atoms with Crippen LogP contribution in [0.15, 0.2) is 18.2 Å². The van der Waals surface area contributed by atoms with Crippen molar-refractivity contribution in [2.24, 2.45) is 5.92 Å². The van der Waals surface area contributed by atoms with Crippen molar-refractivity contribution >= 4 is 11.8 Å². The van der Waals surface area contributed by atoms with Crippen molar-refractivity contribution in [2.75, 3.05) is 18.1 Å². The average Bonchev–Trinajstić information content (AvgIpc) is 2.75. The van der Waals surface area contributed by atoms with Crippen LogP contribution in [0.25, 0.3) is 0 Å². The molecule has 0 bridgehead atoms. The molecule has 0 spiro atoms. The maximum Gasteiger partial charge on any atom is 0.0210 e. The third-order valence-electron chi connectivity index (χ3n) is 3.40. The van der Waals surface area contributed by atoms with Gasteiger partial charge >= 0.3 is 0 Å². The molecule has 1 aliphatic rings. The van der Waals surface area contributed by atoms with Gasteiger partial charge in [0.2, 0.25) is 0 Å². The average molecular weight is 235 g/mol. The number of benzene rings is 1. The first kappa shape index (κ1) is 12.0. The summed E-state index contributed by atoms with van der Waals surface area (Å²) in [6.07, 6.45) is 1.39. The van der Waals surface area contributed by atoms with E-state index in [0.29, 0.717) is 0 Å². The Balaban J connectivity index is 1.84. The highest BCUT2D eigenvalue weighted by Gasteiger charge is 2.14. The lowest BCUT2D eigenvalue weighted by Crippen LogP contribution is -2.23. The summed E-state index contributed by atoms with van der Waals surface area (Å²) < 4.78 is 0. The van der Waals surface area contributed by atoms with Crippen LogP contribution in [0.1, 0.15) is 23.1 Å². The van der Waals surface area contributed by atoms with Crippen molar-refractivity contribution in [1.82, 2.24) is 5.32 Å². The van der Waals surface area contributed by atoms with Gasteiger partial charge in [-0.1, -0.05) is 18.2 Å². The van der Waals surface area contributed by atoms with Crippen molar-refractivity contribution in [1.29, 1.82) is 0 Å². The summed E-state index contributed by atoms with van der Waals surface area (Å²) >= 11 is 2.09. The minimum Gasteiger partial charge on any atom is -0.312 e. The summed E-state index contributed by atoms with van der Waals surface area (Å²) in [5.74, 6) is 3.60. The van der Waals surface area contributed by atoms with Crippen LogP contribution in [-0.2, 0) is 6.54 Å². The second-order valence-corrected chi connectivity index (χ2v) is 5.88. The fraction of sp³-hybridized carbons (Fsp3) is 0.571. The minimum absolute atomic E-state index is 0.898. The van der Waals surface area contributed by atoms with Gasteiger partial charge in [-0.3, -0.25) is 0 Å². The van der Waals surface area contributed by atoms with Crippen molar-refractivity contribution in [3.05, 3.63) is 34.9 Å². The van der Waals surface area contributed by atoms with E-state index in [4.69, 9.17) is 0 Å². The number of nitrogens with one attached hydrogen (secondary N) is 1. The first-order valence-electron chi connectivity index (χ1n) is 6.11. The Bertz CT molecular complexity index is 322. The first-order valence-corrected chi connectivity index (χ1v) is 7.26. The summed E-state index contributed by atoms with van der Waals surface area (Å²) in [5, 5.41) is 3.61. The third kappa shape index (κ3) is 3.02. The normalized spacial score (nSPS) is 20.2. The summed E-state index contributed by atoms with van der Waals surface area (Å²) in [7, 11) is 0. The standard InChI is InChI=1S/C14H21NS/c1-11-4-3-5-12(2)14(11)9-15-8-13-6-7-16-10-13/h3-5,13,15H,6-10H2,1-2H3. The van der Waals surface area contributed by atoms with Gasteiger partial charge in [0.15, 0.2) is 0 Å². The number of rotatable bonds is 4. The van der Waals surface area contributed by atoms with Crippen molar-refractivity contribution in [3.8, 4) is 0 Å². The zero-order chi connectivity index (χ0) is 11.4. The van der Waals surface area contributed by atoms with Crippen LogP contribution in [0.3, 0.4) is 0 Å². The number of hydrogen-bond donors (Lipinski definition) is 1. The van der Waals surface area contributed by atoms with Crippen LogP contribution in [0.2, 0.25) is 0 Å². The van der Waals surface area contributed by atoms with Gasteiger partial charge in [-0.25, -0.2) is 0 Å². The topological polar surface area (TPSA) is 12.0 Å². The molecule has 0 radical (unpaired) electrons. The predicted octanol–water partition coefficient (Wildman–Crippen LogP) is 3.15. The molecule has 1 N–H and O–H groups in total. The van der Waals surface area contributed by atoms with Crippen molar-refractivity contribution in [2.45, 2.75) is 26.8 Å². The van der Waals surface area contributed by atoms with Gasteiger partial charge < -0.3 is 5.32 Å². The van der Waals surface area contributed by atoms with Gasteiger partial charge in [0.25, 0.3) is 0 Å². The molecule has 16 heavy (non-hydrogen) atoms. The molecule has 1 unspecified atom stereocenters. The molecule has 1 aliphatic heterocycles. The van der Waals surface area contributed by atoms with E-state index in [9.17, 15) is 0 Å². The van der Waals surface area contributed by atoms with E-state index >= 15 is 0 Å². The lowest BCUT2D eigenvalue weighted by molar-refractivity contribution is 0.522. The Kier molecular flexibility index (Phi) is 4.30. The fourth-order valence-corrected chi connectivity index (χ4v) is 3.56. The SMILES string of the molecule is Cc1cccc(C)c1CNCC1CCSC1. The zero-order valence-electron chi connectivity index (χ0n) is 10.3. The zero-order valence-corrected chi connectivity index (χ0v) is 11.1. The number of thioether (sulfide) groups is 1. The highest BCUT2D eigenvalue weighted by Crippen LogP contribution is 2.22. The van der Waals surface area contributed by atoms with E-state index in [2.05, 4.69) is 49.1 Å². The Morgan fingerprint density at radius 2 is 2.06 bits per heavy atom. The molecule has 1 heterocycles. The van der Waals surface area contributed by atoms with Crippen LogP contribution in [0, 0.1) is 19.8 Å². The molecule has 1 aromatic rings. The maximum atomic E-state index is 3.61. The molecule has 88 valence electrons. The first-order chi connectivity index (χ1) is 7.77. The van der Waals surface area contributed by atoms with E-state index < -0.39 is 0 Å². The van der Waals surface area contributed by atoms with Gasteiger partial charge in [0, 0.05) is 6.54 Å². The lowest BCUT2D eigenvalue weighted by Gasteiger charge is -2.13. The monoisotopic (exact) mass is 235 g/mol. The Labute approximate surface area is 103 Å². The van der Waals surface area contributed by atoms with E-state index in [1.165, 1.54) is 41.2 Å². The molecule has 1 nitrogen and oxygen atoms in total. The summed E-state index contributed by atoms with van der Waals surface area (Å²) in [5.41, 5.74) is 4.30. The molecule has 1 aromatic carbocycles. The molecule has 0 aromatic heterocycles. The van der Waals surface area contributed by atoms with Gasteiger partial charge in [0.05, 0.1) is 0 Å². The molecule has 0 amide bonds. The maximum absolute atomic E-state index is 3.61. The van der Waals surface area contributed by atoms with E-state index in [1.807, 2.05) is 0 Å². The highest BCUT2D eigenvalue weighted by atomic mass is 32.2. The highest BCUT2D eigenvalue weighted by molar-refractivity contribution is 7.99. The Morgan fingerprint density at radius 1 is 1.31 bits per heavy atom. The van der Waals surface area contributed by atoms with Gasteiger partial charge in [-0.2, -0.15) is 11.8 Å². The molecule has 0 saturated carbocycles. The second kappa shape index (κ2) is 5.74. The van der Waals surface area contributed by atoms with Crippen molar-refractivity contribution < 1.29 is 0 Å². The Morgan fingerprint density at radius 3 is 2.69 bits per heavy atom. The minimum atomic E-state index is 0.898. The molecule has 1 saturated heterocycles. The van der Waals surface area contributed by atoms with E-state index in [-0.39, 0.29) is 0 Å². The summed E-state index contributed by atoms with van der Waals surface area (Å²) in [6.45, 7) is 6.62. The second-order valence-electron chi connectivity index (χ2n) is 4.73. The summed E-state index contributed by atoms with van der Waals surface area (Å²) in [6, 6.07) is 6.55. The van der Waals surface area contributed by atoms with E-state index in [0.717, 1.165) is 12.5 Å². The van der Waals surface area contributed by atoms with Gasteiger partial charge in [-0.05, 0) is 60.9 Å². The number of aryl methyl sites for hydroxylation is 2. The molecular formula is C14H21NS. The molecule has 0 aliphatic carbocycles. The van der Waals surface area contributed by atoms with Crippen LogP contribution >= 0.6 is 11.8 Å². The third-order valence-corrected chi connectivity index (χ3v) is 4.63. The molecule has 2 rings (SSSR count). The quantitative estimate of drug-likeness (QED) is 0.860. The fourth-order valence-electron chi connectivity index (χ4n) is 2.27. The molecular weight excluding hydrogens is 214 g/mol. The number of hydrogen-bond acceptors (Lipinski definition) is 2. The predicted molar refractivity (Wildman–Crippen MR) is 73.1 cm³/mol. The van der Waals surface area contributed by atoms with Crippen LogP contribution in [0.4, 0.5) is 0 Å². The van der Waals surface area contributed by atoms with E-state index in [1.54, 1.807) is 0 Å². The van der Waals surface area contributed by atoms with Gasteiger partial charge in [0.1, 0.15) is 0 Å². The van der Waals surface area contributed by atoms with Gasteiger partial charge in [-0.15, -0.1) is 0 Å². The van der Waals surface area contributed by atoms with Crippen LogP contribution in [0.5, 0.6) is 0 Å². The smallest absolute Gasteiger partial charge is 0.0210 e. The Hall–Kier alpha value is -0.470. The summed E-state index contributed by atoms with van der Waals surface area (Å²) in [4.78, 5) is 0. The molecule has 2 heteroatoms.